The lowest BCUT2D eigenvalue weighted by Gasteiger charge is -2.49. The predicted octanol–water partition coefficient (Wildman–Crippen LogP) is -1.86. The molecular formula is C39H65N6O19P. The van der Waals surface area contributed by atoms with Gasteiger partial charge >= 0.3 is 7.60 Å². The number of rotatable bonds is 24. The second-order valence-electron chi connectivity index (χ2n) is 16.1. The molecule has 3 heterocycles. The van der Waals surface area contributed by atoms with Gasteiger partial charge in [0.05, 0.1) is 33.0 Å². The van der Waals surface area contributed by atoms with Crippen LogP contribution in [0.25, 0.3) is 10.4 Å². The molecule has 3 fully saturated rings. The van der Waals surface area contributed by atoms with Gasteiger partial charge in [0.15, 0.2) is 24.5 Å². The molecule has 65 heavy (non-hydrogen) atoms. The zero-order valence-corrected chi connectivity index (χ0v) is 37.8. The van der Waals surface area contributed by atoms with E-state index in [0.717, 1.165) is 38.2 Å². The Kier molecular flexibility index (Phi) is 23.0. The maximum atomic E-state index is 13.8. The normalized spacial score (nSPS) is 34.1. The summed E-state index contributed by atoms with van der Waals surface area (Å²) in [5, 5.41) is 83.0. The van der Waals surface area contributed by atoms with Gasteiger partial charge in [-0.2, -0.15) is 0 Å². The number of allylic oxidation sites excluding steroid dienone is 5. The third-order valence-electron chi connectivity index (χ3n) is 10.6. The van der Waals surface area contributed by atoms with E-state index in [4.69, 9.17) is 44.2 Å². The Balaban J connectivity index is 1.79. The summed E-state index contributed by atoms with van der Waals surface area (Å²) in [6.45, 7) is 5.94. The summed E-state index contributed by atoms with van der Waals surface area (Å²) in [6, 6.07) is -3.43. The summed E-state index contributed by atoms with van der Waals surface area (Å²) >= 11 is 0. The van der Waals surface area contributed by atoms with E-state index in [-0.39, 0.29) is 13.2 Å². The van der Waals surface area contributed by atoms with Gasteiger partial charge in [-0.05, 0) is 58.9 Å². The van der Waals surface area contributed by atoms with E-state index in [0.29, 0.717) is 0 Å². The van der Waals surface area contributed by atoms with Crippen molar-refractivity contribution in [2.75, 3.05) is 39.6 Å². The number of carbonyl (C=O) groups is 3. The molecule has 7 unspecified atom stereocenters. The summed E-state index contributed by atoms with van der Waals surface area (Å²) < 4.78 is 53.3. The molecule has 0 spiro atoms. The fourth-order valence-corrected chi connectivity index (χ4v) is 8.53. The molecule has 26 heteroatoms. The number of hydrogen-bond acceptors (Lipinski definition) is 19. The van der Waals surface area contributed by atoms with Crippen LogP contribution in [0.15, 0.2) is 40.1 Å². The number of ether oxygens (including phenoxy) is 6. The highest BCUT2D eigenvalue weighted by atomic mass is 31.2. The monoisotopic (exact) mass is 952 g/mol. The molecule has 370 valence electrons. The van der Waals surface area contributed by atoms with Gasteiger partial charge in [-0.25, -0.2) is 0 Å². The van der Waals surface area contributed by atoms with Gasteiger partial charge in [0.25, 0.3) is 0 Å². The van der Waals surface area contributed by atoms with Gasteiger partial charge in [-0.3, -0.25) is 18.9 Å². The molecule has 25 nitrogen and oxygen atoms in total. The second-order valence-corrected chi connectivity index (χ2v) is 18.0. The van der Waals surface area contributed by atoms with E-state index in [2.05, 4.69) is 53.6 Å². The first-order valence-electron chi connectivity index (χ1n) is 20.9. The van der Waals surface area contributed by atoms with Crippen LogP contribution >= 0.6 is 7.60 Å². The molecule has 0 aromatic heterocycles. The van der Waals surface area contributed by atoms with Crippen molar-refractivity contribution in [2.24, 2.45) is 10.8 Å². The largest absolute Gasteiger partial charge is 0.394 e. The van der Waals surface area contributed by atoms with Crippen LogP contribution in [0.4, 0.5) is 0 Å². The van der Waals surface area contributed by atoms with Crippen LogP contribution in [-0.4, -0.2) is 189 Å². The number of amides is 3. The highest BCUT2D eigenvalue weighted by molar-refractivity contribution is 7.53. The van der Waals surface area contributed by atoms with E-state index < -0.39 is 143 Å². The number of nitrogens with two attached hydrogens (primary N) is 1. The SMILES string of the molecule is CC(=O)NC1[C@H](OC2[C@@H](O)[C@@H](O)C(C(N)=O)O[C@H]2P(=O)(O)OCCOCC=C(C)CCC=C(C)CCC=C(C)C)OC(CO)[C@@H](O[C@@H]2OC(CO)[C@H](O)[C@H](O)C2NC(=O)CN=[N+]=[N-])[C@@H]1O. The summed E-state index contributed by atoms with van der Waals surface area (Å²) in [7, 11) is -5.16. The third-order valence-corrected chi connectivity index (χ3v) is 12.2. The predicted molar refractivity (Wildman–Crippen MR) is 225 cm³/mol. The van der Waals surface area contributed by atoms with Crippen LogP contribution in [-0.2, 0) is 51.9 Å². The van der Waals surface area contributed by atoms with E-state index in [1.807, 2.05) is 13.0 Å². The number of primary amides is 1. The van der Waals surface area contributed by atoms with Crippen molar-refractivity contribution >= 4 is 25.3 Å². The maximum absolute atomic E-state index is 13.8. The van der Waals surface area contributed by atoms with E-state index in [9.17, 15) is 59.6 Å². The van der Waals surface area contributed by atoms with Crippen molar-refractivity contribution in [3.05, 3.63) is 45.4 Å². The Morgan fingerprint density at radius 1 is 0.769 bits per heavy atom. The Morgan fingerprint density at radius 2 is 1.35 bits per heavy atom. The molecule has 3 aliphatic rings. The van der Waals surface area contributed by atoms with Crippen LogP contribution in [0.3, 0.4) is 0 Å². The minimum Gasteiger partial charge on any atom is -0.394 e. The lowest BCUT2D eigenvalue weighted by molar-refractivity contribution is -0.345. The molecule has 0 bridgehead atoms. The first-order chi connectivity index (χ1) is 30.7. The van der Waals surface area contributed by atoms with Crippen molar-refractivity contribution in [3.8, 4) is 0 Å². The molecular weight excluding hydrogens is 887 g/mol. The first kappa shape index (κ1) is 55.9. The molecule has 0 radical (unpaired) electrons. The van der Waals surface area contributed by atoms with Crippen LogP contribution in [0.5, 0.6) is 0 Å². The van der Waals surface area contributed by atoms with Crippen molar-refractivity contribution in [1.82, 2.24) is 10.6 Å². The molecule has 3 amide bonds. The second kappa shape index (κ2) is 26.8. The molecule has 3 rings (SSSR count). The Hall–Kier alpha value is -3.43. The van der Waals surface area contributed by atoms with Gasteiger partial charge in [0.2, 0.25) is 17.7 Å². The summed E-state index contributed by atoms with van der Waals surface area (Å²) in [4.78, 5) is 50.8. The molecule has 12 N–H and O–H groups in total. The Morgan fingerprint density at radius 3 is 1.94 bits per heavy atom. The average Bonchev–Trinajstić information content (AvgIpc) is 3.24. The highest BCUT2D eigenvalue weighted by Crippen LogP contribution is 2.53. The maximum Gasteiger partial charge on any atom is 0.359 e. The van der Waals surface area contributed by atoms with Gasteiger partial charge in [-0.15, -0.1) is 0 Å². The number of aliphatic hydroxyl groups excluding tert-OH is 7. The fourth-order valence-electron chi connectivity index (χ4n) is 7.15. The minimum absolute atomic E-state index is 0.140. The Bertz CT molecular complexity index is 1760. The van der Waals surface area contributed by atoms with Crippen LogP contribution < -0.4 is 16.4 Å². The molecule has 0 aromatic carbocycles. The number of hydrogen-bond donors (Lipinski definition) is 11. The molecule has 3 saturated heterocycles. The van der Waals surface area contributed by atoms with Crippen LogP contribution in [0.2, 0.25) is 0 Å². The minimum atomic E-state index is -5.16. The lowest BCUT2D eigenvalue weighted by Crippen LogP contribution is -2.70. The van der Waals surface area contributed by atoms with Crippen molar-refractivity contribution in [1.29, 1.82) is 0 Å². The average molecular weight is 953 g/mol. The molecule has 0 aromatic rings. The summed E-state index contributed by atoms with van der Waals surface area (Å²) in [5.74, 6) is -5.41. The third kappa shape index (κ3) is 16.4. The molecule has 3 aliphatic heterocycles. The lowest BCUT2D eigenvalue weighted by atomic mass is 9.94. The van der Waals surface area contributed by atoms with Gasteiger partial charge in [-0.1, -0.05) is 40.1 Å². The number of nitrogens with one attached hydrogen (secondary N) is 2. The van der Waals surface area contributed by atoms with Gasteiger partial charge in [0.1, 0.15) is 73.6 Å². The fraction of sp³-hybridized carbons (Fsp3) is 0.769. The smallest absolute Gasteiger partial charge is 0.359 e. The van der Waals surface area contributed by atoms with E-state index in [1.54, 1.807) is 0 Å². The van der Waals surface area contributed by atoms with Crippen molar-refractivity contribution in [3.63, 3.8) is 0 Å². The topological polar surface area (TPSA) is 394 Å². The van der Waals surface area contributed by atoms with Gasteiger partial charge in [0, 0.05) is 11.8 Å². The van der Waals surface area contributed by atoms with E-state index >= 15 is 0 Å². The molecule has 0 saturated carbocycles. The Labute approximate surface area is 375 Å². The summed E-state index contributed by atoms with van der Waals surface area (Å²) in [5.41, 5.74) is 17.6. The number of azide groups is 1. The van der Waals surface area contributed by atoms with Crippen LogP contribution in [0.1, 0.15) is 60.3 Å². The van der Waals surface area contributed by atoms with Crippen LogP contribution in [0, 0.1) is 0 Å². The standard InChI is InChI=1S/C39H65N6O19P/c1-19(2)8-6-9-20(3)10-7-11-21(4)12-13-58-14-15-59-65(56,57)39-35(32(54)31(53)34(64-39)36(40)55)63-38-27(43-22(5)48)30(52)33(24(18-47)61-38)62-37-26(44-25(49)16-42-45-41)29(51)28(50)23(17-46)60-37/h8,10,12,23-24,26-35,37-39,46-47,50-54H,6-7,9,11,13-18H2,1-5H3,(H2,40,55)(H,43,48)(H,44,49)(H,56,57)/t23?,24?,26?,27?,28-,29+,30+,31+,32-,33+,34?,35?,37-,38-,39-/m0/s1. The summed E-state index contributed by atoms with van der Waals surface area (Å²) in [6.07, 6.45) is -13.3. The molecule has 16 atom stereocenters. The quantitative estimate of drug-likeness (QED) is 0.0126. The van der Waals surface area contributed by atoms with Crippen molar-refractivity contribution in [2.45, 2.75) is 152 Å². The first-order valence-corrected chi connectivity index (χ1v) is 22.6. The van der Waals surface area contributed by atoms with E-state index in [1.165, 1.54) is 11.1 Å². The number of aliphatic hydroxyl groups is 7. The highest BCUT2D eigenvalue weighted by Gasteiger charge is 2.58. The van der Waals surface area contributed by atoms with Crippen molar-refractivity contribution < 1.29 is 92.5 Å². The zero-order valence-electron chi connectivity index (χ0n) is 36.9. The molecule has 0 aliphatic carbocycles. The van der Waals surface area contributed by atoms with Gasteiger partial charge < -0.3 is 90.0 Å². The number of nitrogens with zero attached hydrogens (tertiary/aromatic N) is 3. The zero-order chi connectivity index (χ0) is 48.6. The number of carbonyl (C=O) groups excluding carboxylic acids is 3.